The van der Waals surface area contributed by atoms with Gasteiger partial charge in [-0.15, -0.1) is 0 Å². The lowest BCUT2D eigenvalue weighted by atomic mass is 10.0. The van der Waals surface area contributed by atoms with Gasteiger partial charge in [-0.2, -0.15) is 0 Å². The molecule has 0 amide bonds. The Labute approximate surface area is 81.9 Å². The van der Waals surface area contributed by atoms with Crippen LogP contribution in [0.2, 0.25) is 0 Å². The van der Waals surface area contributed by atoms with Crippen molar-refractivity contribution in [2.75, 3.05) is 26.2 Å². The smallest absolute Gasteiger partial charge is 0.0468 e. The highest BCUT2D eigenvalue weighted by atomic mass is 16.3. The molecule has 0 bridgehead atoms. The van der Waals surface area contributed by atoms with E-state index in [4.69, 9.17) is 5.11 Å². The van der Waals surface area contributed by atoms with Gasteiger partial charge in [-0.25, -0.2) is 0 Å². The summed E-state index contributed by atoms with van der Waals surface area (Å²) in [6, 6.07) is 0. The molecular weight excluding hydrogens is 162 g/mol. The Morgan fingerprint density at radius 2 is 2.15 bits per heavy atom. The van der Waals surface area contributed by atoms with E-state index in [-0.39, 0.29) is 0 Å². The molecule has 2 heteroatoms. The highest BCUT2D eigenvalue weighted by molar-refractivity contribution is 4.69. The van der Waals surface area contributed by atoms with Crippen LogP contribution in [0.3, 0.4) is 0 Å². The Morgan fingerprint density at radius 3 is 2.85 bits per heavy atom. The predicted molar refractivity (Wildman–Crippen MR) is 55.7 cm³/mol. The van der Waals surface area contributed by atoms with E-state index in [0.717, 1.165) is 12.5 Å². The Kier molecular flexibility index (Phi) is 4.74. The Balaban J connectivity index is 2.25. The van der Waals surface area contributed by atoms with Gasteiger partial charge in [-0.1, -0.05) is 13.8 Å². The maximum Gasteiger partial charge on any atom is 0.0468 e. The van der Waals surface area contributed by atoms with E-state index in [0.29, 0.717) is 12.5 Å². The minimum atomic E-state index is 0.325. The van der Waals surface area contributed by atoms with Crippen LogP contribution in [-0.2, 0) is 0 Å². The lowest BCUT2D eigenvalue weighted by Crippen LogP contribution is -2.30. The molecule has 0 aromatic heterocycles. The summed E-state index contributed by atoms with van der Waals surface area (Å²) in [7, 11) is 0. The highest BCUT2D eigenvalue weighted by Gasteiger charge is 2.15. The summed E-state index contributed by atoms with van der Waals surface area (Å²) in [5.41, 5.74) is 0. The molecule has 13 heavy (non-hydrogen) atoms. The van der Waals surface area contributed by atoms with Gasteiger partial charge in [0.25, 0.3) is 0 Å². The van der Waals surface area contributed by atoms with Gasteiger partial charge >= 0.3 is 0 Å². The standard InChI is InChI=1S/C11H23NO/c1-10-4-3-6-12(7-5-10)8-11(2)9-13/h10-11,13H,3-9H2,1-2H3. The van der Waals surface area contributed by atoms with Crippen molar-refractivity contribution in [1.82, 2.24) is 4.90 Å². The van der Waals surface area contributed by atoms with Gasteiger partial charge in [0.15, 0.2) is 0 Å². The second kappa shape index (κ2) is 5.61. The SMILES string of the molecule is CC1CCCN(CC(C)CO)CC1. The van der Waals surface area contributed by atoms with Gasteiger partial charge in [-0.3, -0.25) is 0 Å². The molecule has 1 rings (SSSR count). The first-order valence-corrected chi connectivity index (χ1v) is 5.55. The molecule has 0 aromatic carbocycles. The summed E-state index contributed by atoms with van der Waals surface area (Å²) in [6.45, 7) is 8.32. The van der Waals surface area contributed by atoms with Crippen molar-refractivity contribution < 1.29 is 5.11 Å². The minimum absolute atomic E-state index is 0.325. The summed E-state index contributed by atoms with van der Waals surface area (Å²) in [4.78, 5) is 2.50. The largest absolute Gasteiger partial charge is 0.396 e. The molecule has 2 unspecified atom stereocenters. The predicted octanol–water partition coefficient (Wildman–Crippen LogP) is 1.74. The zero-order valence-electron chi connectivity index (χ0n) is 9.00. The van der Waals surface area contributed by atoms with E-state index in [1.54, 1.807) is 0 Å². The molecule has 1 aliphatic heterocycles. The van der Waals surface area contributed by atoms with Crippen LogP contribution in [0, 0.1) is 11.8 Å². The third-order valence-corrected chi connectivity index (χ3v) is 2.99. The maximum absolute atomic E-state index is 8.96. The van der Waals surface area contributed by atoms with E-state index in [9.17, 15) is 0 Å². The van der Waals surface area contributed by atoms with Crippen molar-refractivity contribution >= 4 is 0 Å². The fraction of sp³-hybridized carbons (Fsp3) is 1.00. The van der Waals surface area contributed by atoms with Crippen LogP contribution >= 0.6 is 0 Å². The van der Waals surface area contributed by atoms with Crippen molar-refractivity contribution in [2.24, 2.45) is 11.8 Å². The maximum atomic E-state index is 8.96. The second-order valence-electron chi connectivity index (χ2n) is 4.62. The van der Waals surface area contributed by atoms with Crippen LogP contribution in [0.5, 0.6) is 0 Å². The molecule has 78 valence electrons. The first kappa shape index (κ1) is 11.0. The Morgan fingerprint density at radius 1 is 1.38 bits per heavy atom. The van der Waals surface area contributed by atoms with Crippen molar-refractivity contribution in [1.29, 1.82) is 0 Å². The molecule has 1 N–H and O–H groups in total. The number of rotatable bonds is 3. The van der Waals surface area contributed by atoms with Crippen molar-refractivity contribution in [2.45, 2.75) is 33.1 Å². The molecule has 1 fully saturated rings. The number of hydrogen-bond donors (Lipinski definition) is 1. The van der Waals surface area contributed by atoms with Gasteiger partial charge in [0.2, 0.25) is 0 Å². The van der Waals surface area contributed by atoms with Crippen LogP contribution in [0.1, 0.15) is 33.1 Å². The van der Waals surface area contributed by atoms with Gasteiger partial charge in [0, 0.05) is 13.2 Å². The third kappa shape index (κ3) is 4.10. The first-order valence-electron chi connectivity index (χ1n) is 5.55. The Hall–Kier alpha value is -0.0800. The summed E-state index contributed by atoms with van der Waals surface area (Å²) in [6.07, 6.45) is 4.04. The number of hydrogen-bond acceptors (Lipinski definition) is 2. The van der Waals surface area contributed by atoms with Gasteiger partial charge < -0.3 is 10.0 Å². The molecule has 0 spiro atoms. The fourth-order valence-corrected chi connectivity index (χ4v) is 2.00. The van der Waals surface area contributed by atoms with Crippen molar-refractivity contribution in [3.63, 3.8) is 0 Å². The average molecular weight is 185 g/mol. The zero-order valence-corrected chi connectivity index (χ0v) is 9.00. The third-order valence-electron chi connectivity index (χ3n) is 2.99. The minimum Gasteiger partial charge on any atom is -0.396 e. The van der Waals surface area contributed by atoms with Crippen molar-refractivity contribution in [3.05, 3.63) is 0 Å². The molecule has 0 radical (unpaired) electrons. The molecule has 1 saturated heterocycles. The van der Waals surface area contributed by atoms with Crippen molar-refractivity contribution in [3.8, 4) is 0 Å². The number of aliphatic hydroxyl groups excluding tert-OH is 1. The summed E-state index contributed by atoms with van der Waals surface area (Å²) >= 11 is 0. The van der Waals surface area contributed by atoms with Crippen LogP contribution in [0.15, 0.2) is 0 Å². The van der Waals surface area contributed by atoms with Crippen LogP contribution in [0.4, 0.5) is 0 Å². The average Bonchev–Trinajstić information content (AvgIpc) is 2.31. The fourth-order valence-electron chi connectivity index (χ4n) is 2.00. The molecule has 2 nitrogen and oxygen atoms in total. The van der Waals surface area contributed by atoms with Gasteiger partial charge in [-0.05, 0) is 44.2 Å². The second-order valence-corrected chi connectivity index (χ2v) is 4.62. The molecule has 0 aromatic rings. The topological polar surface area (TPSA) is 23.5 Å². The summed E-state index contributed by atoms with van der Waals surface area (Å²) in [5, 5.41) is 8.96. The van der Waals surface area contributed by atoms with E-state index >= 15 is 0 Å². The van der Waals surface area contributed by atoms with E-state index in [2.05, 4.69) is 18.7 Å². The zero-order chi connectivity index (χ0) is 9.68. The van der Waals surface area contributed by atoms with Crippen LogP contribution < -0.4 is 0 Å². The monoisotopic (exact) mass is 185 g/mol. The lowest BCUT2D eigenvalue weighted by molar-refractivity contribution is 0.175. The van der Waals surface area contributed by atoms with E-state index < -0.39 is 0 Å². The van der Waals surface area contributed by atoms with E-state index in [1.165, 1.54) is 32.4 Å². The van der Waals surface area contributed by atoms with Crippen LogP contribution in [-0.4, -0.2) is 36.2 Å². The normalized spacial score (nSPS) is 28.4. The van der Waals surface area contributed by atoms with Crippen LogP contribution in [0.25, 0.3) is 0 Å². The molecule has 1 aliphatic rings. The lowest BCUT2D eigenvalue weighted by Gasteiger charge is -2.22. The molecular formula is C11H23NO. The van der Waals surface area contributed by atoms with Gasteiger partial charge in [0.05, 0.1) is 0 Å². The number of nitrogens with zero attached hydrogens (tertiary/aromatic N) is 1. The summed E-state index contributed by atoms with van der Waals surface area (Å²) in [5.74, 6) is 1.34. The van der Waals surface area contributed by atoms with E-state index in [1.807, 2.05) is 0 Å². The first-order chi connectivity index (χ1) is 6.22. The highest BCUT2D eigenvalue weighted by Crippen LogP contribution is 2.16. The number of aliphatic hydroxyl groups is 1. The quantitative estimate of drug-likeness (QED) is 0.724. The Bertz CT molecular complexity index is 138. The summed E-state index contributed by atoms with van der Waals surface area (Å²) < 4.78 is 0. The number of likely N-dealkylation sites (tertiary alicyclic amines) is 1. The molecule has 1 heterocycles. The van der Waals surface area contributed by atoms with Gasteiger partial charge in [0.1, 0.15) is 0 Å². The molecule has 0 saturated carbocycles. The molecule has 2 atom stereocenters. The molecule has 0 aliphatic carbocycles.